The van der Waals surface area contributed by atoms with Crippen molar-refractivity contribution in [1.82, 2.24) is 14.5 Å². The summed E-state index contributed by atoms with van der Waals surface area (Å²) in [7, 11) is 0. The first-order valence-corrected chi connectivity index (χ1v) is 9.97. The van der Waals surface area contributed by atoms with Gasteiger partial charge in [-0.1, -0.05) is 41.7 Å². The summed E-state index contributed by atoms with van der Waals surface area (Å²) < 4.78 is 2.08. The first-order chi connectivity index (χ1) is 12.9. The zero-order chi connectivity index (χ0) is 19.6. The number of aryl methyl sites for hydroxylation is 1. The van der Waals surface area contributed by atoms with Gasteiger partial charge in [0.1, 0.15) is 5.82 Å². The van der Waals surface area contributed by atoms with Gasteiger partial charge in [0, 0.05) is 23.1 Å². The van der Waals surface area contributed by atoms with Crippen molar-refractivity contribution in [1.29, 1.82) is 0 Å². The minimum atomic E-state index is -0.155. The Morgan fingerprint density at radius 2 is 1.78 bits per heavy atom. The molecule has 3 rings (SSSR count). The van der Waals surface area contributed by atoms with Gasteiger partial charge in [-0.3, -0.25) is 4.79 Å². The molecular weight excluding hydrogens is 405 g/mol. The molecular formula is C20H20Cl3N3O. The van der Waals surface area contributed by atoms with Gasteiger partial charge in [-0.25, -0.2) is 4.98 Å². The molecule has 3 aromatic rings. The Balaban J connectivity index is 1.98. The van der Waals surface area contributed by atoms with Crippen LogP contribution in [0.3, 0.4) is 0 Å². The molecule has 0 bridgehead atoms. The van der Waals surface area contributed by atoms with Crippen LogP contribution < -0.4 is 0 Å². The quantitative estimate of drug-likeness (QED) is 0.482. The van der Waals surface area contributed by atoms with E-state index in [2.05, 4.69) is 4.57 Å². The number of fused-ring (bicyclic) bond motifs is 1. The Labute approximate surface area is 173 Å². The molecule has 1 heterocycles. The maximum absolute atomic E-state index is 13.1. The number of hydrogen-bond donors (Lipinski definition) is 0. The molecule has 27 heavy (non-hydrogen) atoms. The zero-order valence-corrected chi connectivity index (χ0v) is 17.4. The smallest absolute Gasteiger partial charge is 0.255 e. The Kier molecular flexibility index (Phi) is 6.30. The minimum absolute atomic E-state index is 0.155. The van der Waals surface area contributed by atoms with Crippen molar-refractivity contribution in [2.24, 2.45) is 0 Å². The van der Waals surface area contributed by atoms with Gasteiger partial charge in [0.25, 0.3) is 5.91 Å². The van der Waals surface area contributed by atoms with Crippen LogP contribution in [0.4, 0.5) is 0 Å². The van der Waals surface area contributed by atoms with E-state index in [0.29, 0.717) is 33.7 Å². The number of rotatable bonds is 6. The molecule has 0 saturated carbocycles. The van der Waals surface area contributed by atoms with Crippen molar-refractivity contribution >= 4 is 51.7 Å². The van der Waals surface area contributed by atoms with E-state index in [1.54, 1.807) is 23.1 Å². The highest BCUT2D eigenvalue weighted by atomic mass is 35.5. The highest BCUT2D eigenvalue weighted by molar-refractivity contribution is 6.35. The minimum Gasteiger partial charge on any atom is -0.331 e. The lowest BCUT2D eigenvalue weighted by atomic mass is 10.2. The van der Waals surface area contributed by atoms with Crippen molar-refractivity contribution in [2.45, 2.75) is 33.4 Å². The average molecular weight is 425 g/mol. The van der Waals surface area contributed by atoms with E-state index < -0.39 is 0 Å². The Morgan fingerprint density at radius 3 is 2.48 bits per heavy atom. The van der Waals surface area contributed by atoms with Crippen molar-refractivity contribution < 1.29 is 4.79 Å². The highest BCUT2D eigenvalue weighted by Gasteiger charge is 2.21. The Hall–Kier alpha value is -1.75. The largest absolute Gasteiger partial charge is 0.331 e. The fourth-order valence-electron chi connectivity index (χ4n) is 3.14. The van der Waals surface area contributed by atoms with Crippen LogP contribution in [-0.2, 0) is 13.1 Å². The number of nitrogens with zero attached hydrogens (tertiary/aromatic N) is 3. The summed E-state index contributed by atoms with van der Waals surface area (Å²) in [6.45, 7) is 5.79. The molecule has 0 spiro atoms. The number of imidazole rings is 1. The normalized spacial score (nSPS) is 11.1. The standard InChI is InChI=1S/C20H20Cl3N3O/c1-3-9-25(20(27)15-10-13(21)5-7-16(15)23)12-19-24-17-8-6-14(22)11-18(17)26(19)4-2/h5-8,10-11H,3-4,9,12H2,1-2H3. The van der Waals surface area contributed by atoms with Gasteiger partial charge in [-0.15, -0.1) is 0 Å². The van der Waals surface area contributed by atoms with Crippen LogP contribution in [0.15, 0.2) is 36.4 Å². The van der Waals surface area contributed by atoms with E-state index in [4.69, 9.17) is 39.8 Å². The summed E-state index contributed by atoms with van der Waals surface area (Å²) in [4.78, 5) is 19.6. The van der Waals surface area contributed by atoms with Crippen LogP contribution in [0.2, 0.25) is 15.1 Å². The van der Waals surface area contributed by atoms with E-state index >= 15 is 0 Å². The summed E-state index contributed by atoms with van der Waals surface area (Å²) in [5.74, 6) is 0.659. The molecule has 0 aliphatic heterocycles. The van der Waals surface area contributed by atoms with Crippen LogP contribution >= 0.6 is 34.8 Å². The van der Waals surface area contributed by atoms with Crippen LogP contribution in [0, 0.1) is 0 Å². The molecule has 0 saturated heterocycles. The lowest BCUT2D eigenvalue weighted by Gasteiger charge is -2.23. The molecule has 0 atom stereocenters. The third kappa shape index (κ3) is 4.23. The number of amides is 1. The van der Waals surface area contributed by atoms with Gasteiger partial charge >= 0.3 is 0 Å². The monoisotopic (exact) mass is 423 g/mol. The van der Waals surface area contributed by atoms with E-state index in [0.717, 1.165) is 29.8 Å². The molecule has 0 aliphatic rings. The molecule has 0 fully saturated rings. The van der Waals surface area contributed by atoms with Crippen LogP contribution in [0.5, 0.6) is 0 Å². The summed E-state index contributed by atoms with van der Waals surface area (Å²) in [5, 5.41) is 1.53. The molecule has 7 heteroatoms. The molecule has 1 aromatic heterocycles. The van der Waals surface area contributed by atoms with Crippen molar-refractivity contribution in [3.8, 4) is 0 Å². The summed E-state index contributed by atoms with van der Waals surface area (Å²) in [6, 6.07) is 10.5. The van der Waals surface area contributed by atoms with Gasteiger partial charge in [0.2, 0.25) is 0 Å². The molecule has 4 nitrogen and oxygen atoms in total. The first kappa shape index (κ1) is 20.0. The van der Waals surface area contributed by atoms with Gasteiger partial charge in [0.15, 0.2) is 0 Å². The number of benzene rings is 2. The predicted molar refractivity (Wildman–Crippen MR) is 112 cm³/mol. The second-order valence-corrected chi connectivity index (χ2v) is 7.54. The predicted octanol–water partition coefficient (Wildman–Crippen LogP) is 6.07. The second-order valence-electron chi connectivity index (χ2n) is 6.26. The lowest BCUT2D eigenvalue weighted by Crippen LogP contribution is -2.32. The number of carbonyl (C=O) groups excluding carboxylic acids is 1. The molecule has 0 N–H and O–H groups in total. The number of aromatic nitrogens is 2. The Bertz CT molecular complexity index is 984. The van der Waals surface area contributed by atoms with Crippen LogP contribution in [-0.4, -0.2) is 26.9 Å². The van der Waals surface area contributed by atoms with Crippen molar-refractivity contribution in [3.63, 3.8) is 0 Å². The second kappa shape index (κ2) is 8.51. The summed E-state index contributed by atoms with van der Waals surface area (Å²) in [5.41, 5.74) is 2.23. The molecule has 2 aromatic carbocycles. The fourth-order valence-corrected chi connectivity index (χ4v) is 3.68. The van der Waals surface area contributed by atoms with Crippen molar-refractivity contribution in [2.75, 3.05) is 6.54 Å². The topological polar surface area (TPSA) is 38.1 Å². The van der Waals surface area contributed by atoms with E-state index in [-0.39, 0.29) is 5.91 Å². The highest BCUT2D eigenvalue weighted by Crippen LogP contribution is 2.25. The van der Waals surface area contributed by atoms with E-state index in [1.807, 2.05) is 32.0 Å². The number of halogens is 3. The van der Waals surface area contributed by atoms with Gasteiger partial charge in [-0.05, 0) is 49.7 Å². The summed E-state index contributed by atoms with van der Waals surface area (Å²) >= 11 is 18.4. The summed E-state index contributed by atoms with van der Waals surface area (Å²) in [6.07, 6.45) is 0.822. The fraction of sp³-hybridized carbons (Fsp3) is 0.300. The SMILES string of the molecule is CCCN(Cc1nc2ccc(Cl)cc2n1CC)C(=O)c1cc(Cl)ccc1Cl. The maximum atomic E-state index is 13.1. The molecule has 1 amide bonds. The molecule has 142 valence electrons. The molecule has 0 unspecified atom stereocenters. The van der Waals surface area contributed by atoms with Gasteiger partial charge in [-0.2, -0.15) is 0 Å². The average Bonchev–Trinajstić information content (AvgIpc) is 2.99. The van der Waals surface area contributed by atoms with Gasteiger partial charge < -0.3 is 9.47 Å². The molecule has 0 radical (unpaired) electrons. The van der Waals surface area contributed by atoms with Crippen LogP contribution in [0.1, 0.15) is 36.5 Å². The first-order valence-electron chi connectivity index (χ1n) is 8.83. The van der Waals surface area contributed by atoms with E-state index in [9.17, 15) is 4.79 Å². The molecule has 0 aliphatic carbocycles. The van der Waals surface area contributed by atoms with Crippen molar-refractivity contribution in [3.05, 3.63) is 62.9 Å². The number of carbonyl (C=O) groups is 1. The third-order valence-corrected chi connectivity index (χ3v) is 5.18. The third-order valence-electron chi connectivity index (χ3n) is 4.38. The van der Waals surface area contributed by atoms with E-state index in [1.165, 1.54) is 0 Å². The lowest BCUT2D eigenvalue weighted by molar-refractivity contribution is 0.0737. The zero-order valence-electron chi connectivity index (χ0n) is 15.2. The maximum Gasteiger partial charge on any atom is 0.255 e. The number of hydrogen-bond acceptors (Lipinski definition) is 2. The Morgan fingerprint density at radius 1 is 1.07 bits per heavy atom. The van der Waals surface area contributed by atoms with Crippen LogP contribution in [0.25, 0.3) is 11.0 Å². The van der Waals surface area contributed by atoms with Gasteiger partial charge in [0.05, 0.1) is 28.2 Å².